The second kappa shape index (κ2) is 9.12. The molecule has 0 aromatic heterocycles. The molecule has 1 atom stereocenters. The number of benzene rings is 2. The Labute approximate surface area is 207 Å². The topological polar surface area (TPSA) is 104 Å². The van der Waals surface area contributed by atoms with Gasteiger partial charge in [0.1, 0.15) is 11.2 Å². The molecule has 0 bridgehead atoms. The first-order valence-electron chi connectivity index (χ1n) is 11.3. The molecule has 0 radical (unpaired) electrons. The van der Waals surface area contributed by atoms with Crippen LogP contribution in [0, 0.1) is 24.2 Å². The number of hydrogen-bond donors (Lipinski definition) is 1. The molecular weight excluding hydrogens is 464 g/mol. The number of rotatable bonds is 6. The Morgan fingerprint density at radius 2 is 2.00 bits per heavy atom. The van der Waals surface area contributed by atoms with Crippen molar-refractivity contribution < 1.29 is 19.1 Å². The summed E-state index contributed by atoms with van der Waals surface area (Å²) >= 11 is 1.17. The lowest BCUT2D eigenvalue weighted by Crippen LogP contribution is -2.47. The standard InChI is InChI=1S/C26H24N4O4S/c1-16-3-8-19(9-4-16)30-24(32)20(11-17-5-10-21-22(12-17)34-15-33-21)28-25(30)35-13-23(31)29-26(2,14-27)18-6-7-18/h3-5,8-12,18H,6-7,13,15H2,1-2H3,(H,29,31)/b20-11+. The Balaban J connectivity index is 1.39. The van der Waals surface area contributed by atoms with E-state index in [9.17, 15) is 14.9 Å². The van der Waals surface area contributed by atoms with E-state index < -0.39 is 5.54 Å². The SMILES string of the molecule is Cc1ccc(N2C(=O)/C(=C\c3ccc4c(c3)OCO4)N=C2SCC(=O)NC(C)(C#N)C2CC2)cc1. The van der Waals surface area contributed by atoms with Crippen LogP contribution in [0.25, 0.3) is 6.08 Å². The van der Waals surface area contributed by atoms with E-state index in [2.05, 4.69) is 16.4 Å². The van der Waals surface area contributed by atoms with Gasteiger partial charge in [-0.2, -0.15) is 5.26 Å². The minimum atomic E-state index is -0.869. The van der Waals surface area contributed by atoms with Crippen LogP contribution in [-0.2, 0) is 9.59 Å². The molecule has 1 N–H and O–H groups in total. The molecule has 2 amide bonds. The Kier molecular flexibility index (Phi) is 5.99. The number of thioether (sulfide) groups is 1. The maximum Gasteiger partial charge on any atom is 0.283 e. The molecule has 3 aliphatic rings. The fourth-order valence-electron chi connectivity index (χ4n) is 4.01. The number of fused-ring (bicyclic) bond motifs is 1. The monoisotopic (exact) mass is 488 g/mol. The average molecular weight is 489 g/mol. The van der Waals surface area contributed by atoms with Crippen LogP contribution >= 0.6 is 11.8 Å². The van der Waals surface area contributed by atoms with Crippen LogP contribution in [0.15, 0.2) is 53.2 Å². The van der Waals surface area contributed by atoms with Gasteiger partial charge < -0.3 is 14.8 Å². The van der Waals surface area contributed by atoms with Gasteiger partial charge in [0.15, 0.2) is 16.7 Å². The van der Waals surface area contributed by atoms with Gasteiger partial charge in [0.25, 0.3) is 5.91 Å². The first-order valence-corrected chi connectivity index (χ1v) is 12.3. The largest absolute Gasteiger partial charge is 0.454 e. The maximum atomic E-state index is 13.4. The van der Waals surface area contributed by atoms with Gasteiger partial charge in [0, 0.05) is 0 Å². The molecule has 2 heterocycles. The van der Waals surface area contributed by atoms with Crippen molar-refractivity contribution in [1.29, 1.82) is 5.26 Å². The fraction of sp³-hybridized carbons (Fsp3) is 0.308. The van der Waals surface area contributed by atoms with E-state index in [0.29, 0.717) is 22.4 Å². The van der Waals surface area contributed by atoms with Gasteiger partial charge in [-0.05, 0) is 68.5 Å². The smallest absolute Gasteiger partial charge is 0.283 e. The third-order valence-electron chi connectivity index (χ3n) is 6.18. The van der Waals surface area contributed by atoms with Gasteiger partial charge in [-0.1, -0.05) is 35.5 Å². The molecule has 178 valence electrons. The van der Waals surface area contributed by atoms with Crippen LogP contribution in [0.2, 0.25) is 0 Å². The highest BCUT2D eigenvalue weighted by atomic mass is 32.2. The number of amides is 2. The fourth-order valence-corrected chi connectivity index (χ4v) is 4.83. The van der Waals surface area contributed by atoms with Crippen molar-refractivity contribution in [1.82, 2.24) is 5.32 Å². The number of nitriles is 1. The van der Waals surface area contributed by atoms with E-state index in [1.165, 1.54) is 16.7 Å². The van der Waals surface area contributed by atoms with Crippen molar-refractivity contribution >= 4 is 40.5 Å². The maximum absolute atomic E-state index is 13.4. The molecule has 1 aliphatic carbocycles. The van der Waals surface area contributed by atoms with E-state index >= 15 is 0 Å². The number of anilines is 1. The third-order valence-corrected chi connectivity index (χ3v) is 7.12. The molecule has 2 aliphatic heterocycles. The molecular formula is C26H24N4O4S. The number of nitrogens with zero attached hydrogens (tertiary/aromatic N) is 3. The zero-order valence-corrected chi connectivity index (χ0v) is 20.2. The predicted molar refractivity (Wildman–Crippen MR) is 134 cm³/mol. The number of hydrogen-bond acceptors (Lipinski definition) is 7. The van der Waals surface area contributed by atoms with Gasteiger partial charge >= 0.3 is 0 Å². The Bertz CT molecular complexity index is 1290. The summed E-state index contributed by atoms with van der Waals surface area (Å²) < 4.78 is 10.8. The summed E-state index contributed by atoms with van der Waals surface area (Å²) in [6.07, 6.45) is 3.57. The van der Waals surface area contributed by atoms with E-state index in [1.54, 1.807) is 25.1 Å². The quantitative estimate of drug-likeness (QED) is 0.616. The molecule has 35 heavy (non-hydrogen) atoms. The minimum Gasteiger partial charge on any atom is -0.454 e. The number of ether oxygens (including phenoxy) is 2. The summed E-state index contributed by atoms with van der Waals surface area (Å²) in [5.74, 6) is 0.953. The molecule has 8 nitrogen and oxygen atoms in total. The average Bonchev–Trinajstić information content (AvgIpc) is 3.54. The highest BCUT2D eigenvalue weighted by molar-refractivity contribution is 8.14. The second-order valence-corrected chi connectivity index (χ2v) is 9.88. The highest BCUT2D eigenvalue weighted by Crippen LogP contribution is 2.39. The summed E-state index contributed by atoms with van der Waals surface area (Å²) in [5.41, 5.74) is 1.88. The van der Waals surface area contributed by atoms with Gasteiger partial charge in [-0.3, -0.25) is 14.5 Å². The normalized spacial score (nSPS) is 19.3. The lowest BCUT2D eigenvalue weighted by atomic mass is 9.98. The third kappa shape index (κ3) is 4.75. The first-order chi connectivity index (χ1) is 16.9. The van der Waals surface area contributed by atoms with E-state index in [4.69, 9.17) is 9.47 Å². The number of amidine groups is 1. The summed E-state index contributed by atoms with van der Waals surface area (Å²) in [7, 11) is 0. The van der Waals surface area contributed by atoms with Gasteiger partial charge in [-0.15, -0.1) is 0 Å². The molecule has 0 saturated heterocycles. The Morgan fingerprint density at radius 3 is 2.71 bits per heavy atom. The van der Waals surface area contributed by atoms with Crippen molar-refractivity contribution in [2.45, 2.75) is 32.2 Å². The Hall–Kier alpha value is -3.77. The number of carbonyl (C=O) groups is 2. The number of aryl methyl sites for hydroxylation is 1. The zero-order valence-electron chi connectivity index (χ0n) is 19.4. The zero-order chi connectivity index (χ0) is 24.6. The first kappa shape index (κ1) is 23.0. The lowest BCUT2D eigenvalue weighted by molar-refractivity contribution is -0.120. The van der Waals surface area contributed by atoms with Gasteiger partial charge in [-0.25, -0.2) is 4.99 Å². The van der Waals surface area contributed by atoms with E-state index in [1.807, 2.05) is 37.3 Å². The van der Waals surface area contributed by atoms with E-state index in [0.717, 1.165) is 24.0 Å². The van der Waals surface area contributed by atoms with Crippen molar-refractivity contribution in [2.24, 2.45) is 10.9 Å². The highest BCUT2D eigenvalue weighted by Gasteiger charge is 2.43. The van der Waals surface area contributed by atoms with Crippen molar-refractivity contribution in [3.05, 3.63) is 59.3 Å². The molecule has 0 spiro atoms. The molecule has 1 saturated carbocycles. The predicted octanol–water partition coefficient (Wildman–Crippen LogP) is 4.01. The van der Waals surface area contributed by atoms with Crippen molar-refractivity contribution in [3.8, 4) is 17.6 Å². The summed E-state index contributed by atoms with van der Waals surface area (Å²) in [6, 6.07) is 15.2. The van der Waals surface area contributed by atoms with Crippen molar-refractivity contribution in [2.75, 3.05) is 17.4 Å². The molecule has 9 heteroatoms. The van der Waals surface area contributed by atoms with Gasteiger partial charge in [0.2, 0.25) is 12.7 Å². The number of carbonyl (C=O) groups excluding carboxylic acids is 2. The number of aliphatic imine (C=N–C) groups is 1. The van der Waals surface area contributed by atoms with Crippen LogP contribution in [0.1, 0.15) is 30.9 Å². The van der Waals surface area contributed by atoms with E-state index in [-0.39, 0.29) is 36.0 Å². The molecule has 2 aromatic rings. The summed E-state index contributed by atoms with van der Waals surface area (Å²) in [6.45, 7) is 3.90. The molecule has 5 rings (SSSR count). The Morgan fingerprint density at radius 1 is 1.26 bits per heavy atom. The summed E-state index contributed by atoms with van der Waals surface area (Å²) in [5, 5.41) is 12.8. The van der Waals surface area contributed by atoms with Crippen LogP contribution < -0.4 is 19.7 Å². The van der Waals surface area contributed by atoms with Crippen LogP contribution in [0.4, 0.5) is 5.69 Å². The van der Waals surface area contributed by atoms with Crippen LogP contribution in [0.3, 0.4) is 0 Å². The minimum absolute atomic E-state index is 0.0375. The van der Waals surface area contributed by atoms with Gasteiger partial charge in [0.05, 0.1) is 17.5 Å². The van der Waals surface area contributed by atoms with Crippen LogP contribution in [0.5, 0.6) is 11.5 Å². The lowest BCUT2D eigenvalue weighted by Gasteiger charge is -2.23. The second-order valence-electron chi connectivity index (χ2n) is 8.94. The van der Waals surface area contributed by atoms with Crippen LogP contribution in [-0.4, -0.2) is 35.1 Å². The molecule has 1 fully saturated rings. The van der Waals surface area contributed by atoms with Crippen molar-refractivity contribution in [3.63, 3.8) is 0 Å². The molecule has 2 aromatic carbocycles. The number of nitrogens with one attached hydrogen (secondary N) is 1. The summed E-state index contributed by atoms with van der Waals surface area (Å²) in [4.78, 5) is 32.2. The molecule has 1 unspecified atom stereocenters.